The average molecular weight is 470 g/mol. The molecule has 3 aromatic rings. The van der Waals surface area contributed by atoms with Gasteiger partial charge in [-0.3, -0.25) is 4.79 Å². The van der Waals surface area contributed by atoms with Crippen LogP contribution in [0.25, 0.3) is 10.2 Å². The molecule has 0 aliphatic carbocycles. The minimum Gasteiger partial charge on any atom is -0.301 e. The zero-order valence-electron chi connectivity index (χ0n) is 15.6. The Labute approximate surface area is 180 Å². The van der Waals surface area contributed by atoms with Crippen LogP contribution in [0.3, 0.4) is 0 Å². The number of aromatic nitrogens is 1. The van der Waals surface area contributed by atoms with Crippen molar-refractivity contribution in [2.45, 2.75) is 22.6 Å². The van der Waals surface area contributed by atoms with Crippen molar-refractivity contribution >= 4 is 54.4 Å². The molecular weight excluding hydrogens is 452 g/mol. The number of halogens is 2. The van der Waals surface area contributed by atoms with Gasteiger partial charge in [-0.25, -0.2) is 22.2 Å². The van der Waals surface area contributed by atoms with E-state index in [0.717, 1.165) is 36.7 Å². The van der Waals surface area contributed by atoms with Crippen LogP contribution in [0.2, 0.25) is 0 Å². The van der Waals surface area contributed by atoms with E-state index < -0.39 is 21.7 Å². The molecule has 1 aliphatic rings. The van der Waals surface area contributed by atoms with E-state index in [9.17, 15) is 22.0 Å². The molecule has 0 atom stereocenters. The summed E-state index contributed by atoms with van der Waals surface area (Å²) in [7, 11) is -3.53. The number of thioether (sulfide) groups is 1. The lowest BCUT2D eigenvalue weighted by Gasteiger charge is -2.15. The lowest BCUT2D eigenvalue weighted by Crippen LogP contribution is -2.27. The summed E-state index contributed by atoms with van der Waals surface area (Å²) in [6.45, 7) is 1.06. The van der Waals surface area contributed by atoms with Gasteiger partial charge in [0.15, 0.2) is 16.8 Å². The van der Waals surface area contributed by atoms with Gasteiger partial charge in [-0.05, 0) is 49.2 Å². The van der Waals surface area contributed by atoms with Gasteiger partial charge in [0, 0.05) is 18.0 Å². The highest BCUT2D eigenvalue weighted by atomic mass is 32.2. The third kappa shape index (κ3) is 4.48. The highest BCUT2D eigenvalue weighted by molar-refractivity contribution is 8.00. The van der Waals surface area contributed by atoms with E-state index in [1.165, 1.54) is 27.8 Å². The van der Waals surface area contributed by atoms with Gasteiger partial charge >= 0.3 is 0 Å². The molecule has 1 fully saturated rings. The van der Waals surface area contributed by atoms with E-state index in [-0.39, 0.29) is 16.6 Å². The molecule has 1 saturated heterocycles. The molecule has 0 radical (unpaired) electrons. The first-order valence-corrected chi connectivity index (χ1v) is 12.4. The summed E-state index contributed by atoms with van der Waals surface area (Å²) in [5, 5.41) is 3.00. The number of thiazole rings is 1. The number of hydrogen-bond acceptors (Lipinski definition) is 6. The Morgan fingerprint density at radius 3 is 2.63 bits per heavy atom. The first-order valence-electron chi connectivity index (χ1n) is 9.11. The second kappa shape index (κ2) is 8.58. The van der Waals surface area contributed by atoms with Crippen molar-refractivity contribution in [1.82, 2.24) is 9.29 Å². The number of carbonyl (C=O) groups excluding carboxylic acids is 1. The van der Waals surface area contributed by atoms with E-state index in [2.05, 4.69) is 10.3 Å². The predicted molar refractivity (Wildman–Crippen MR) is 113 cm³/mol. The summed E-state index contributed by atoms with van der Waals surface area (Å²) in [4.78, 5) is 17.1. The number of hydrogen-bond donors (Lipinski definition) is 1. The van der Waals surface area contributed by atoms with E-state index in [1.807, 2.05) is 0 Å². The molecule has 11 heteroatoms. The van der Waals surface area contributed by atoms with Gasteiger partial charge in [0.05, 0.1) is 20.9 Å². The van der Waals surface area contributed by atoms with Gasteiger partial charge in [0.2, 0.25) is 15.9 Å². The van der Waals surface area contributed by atoms with Gasteiger partial charge in [-0.1, -0.05) is 11.3 Å². The van der Waals surface area contributed by atoms with Crippen LogP contribution in [0.1, 0.15) is 12.8 Å². The molecular formula is C19H17F2N3O3S3. The van der Waals surface area contributed by atoms with Crippen molar-refractivity contribution in [3.8, 4) is 0 Å². The van der Waals surface area contributed by atoms with Crippen LogP contribution >= 0.6 is 23.1 Å². The Morgan fingerprint density at radius 1 is 1.13 bits per heavy atom. The van der Waals surface area contributed by atoms with Crippen molar-refractivity contribution in [1.29, 1.82) is 0 Å². The fourth-order valence-electron chi connectivity index (χ4n) is 3.07. The lowest BCUT2D eigenvalue weighted by molar-refractivity contribution is -0.113. The standard InChI is InChI=1S/C19H17F2N3O3S3/c20-14-5-3-12(9-15(14)21)28-11-18(25)23-19-22-16-6-4-13(10-17(16)29-19)30(26,27)24-7-1-2-8-24/h3-6,9-10H,1-2,7-8,11H2,(H,22,23,25). The van der Waals surface area contributed by atoms with E-state index >= 15 is 0 Å². The lowest BCUT2D eigenvalue weighted by atomic mass is 10.3. The molecule has 0 saturated carbocycles. The molecule has 1 amide bonds. The highest BCUT2D eigenvalue weighted by Gasteiger charge is 2.27. The number of amides is 1. The van der Waals surface area contributed by atoms with Gasteiger partial charge in [0.1, 0.15) is 0 Å². The molecule has 30 heavy (non-hydrogen) atoms. The molecule has 158 valence electrons. The fraction of sp³-hybridized carbons (Fsp3) is 0.263. The molecule has 6 nitrogen and oxygen atoms in total. The molecule has 1 aliphatic heterocycles. The van der Waals surface area contributed by atoms with E-state index in [4.69, 9.17) is 0 Å². The Balaban J connectivity index is 1.44. The summed E-state index contributed by atoms with van der Waals surface area (Å²) >= 11 is 2.25. The van der Waals surface area contributed by atoms with Crippen molar-refractivity contribution in [2.24, 2.45) is 0 Å². The Hall–Kier alpha value is -2.08. The second-order valence-corrected chi connectivity index (χ2v) is 10.7. The number of nitrogens with zero attached hydrogens (tertiary/aromatic N) is 2. The normalized spacial score (nSPS) is 15.0. The summed E-state index contributed by atoms with van der Waals surface area (Å²) in [6, 6.07) is 8.17. The SMILES string of the molecule is O=C(CSc1ccc(F)c(F)c1)Nc1nc2ccc(S(=O)(=O)N3CCCC3)cc2s1. The molecule has 0 spiro atoms. The number of carbonyl (C=O) groups is 1. The molecule has 0 unspecified atom stereocenters. The topological polar surface area (TPSA) is 79.4 Å². The van der Waals surface area contributed by atoms with Crippen LogP contribution in [-0.2, 0) is 14.8 Å². The van der Waals surface area contributed by atoms with E-state index in [1.54, 1.807) is 12.1 Å². The van der Waals surface area contributed by atoms with Crippen LogP contribution in [0.4, 0.5) is 13.9 Å². The predicted octanol–water partition coefficient (Wildman–Crippen LogP) is 4.09. The summed E-state index contributed by atoms with van der Waals surface area (Å²) < 4.78 is 53.8. The number of benzene rings is 2. The van der Waals surface area contributed by atoms with Crippen molar-refractivity contribution in [3.63, 3.8) is 0 Å². The number of sulfonamides is 1. The maximum absolute atomic E-state index is 13.2. The van der Waals surface area contributed by atoms with Crippen LogP contribution in [0.5, 0.6) is 0 Å². The monoisotopic (exact) mass is 469 g/mol. The van der Waals surface area contributed by atoms with Gasteiger partial charge in [0.25, 0.3) is 0 Å². The van der Waals surface area contributed by atoms with Crippen LogP contribution in [0, 0.1) is 11.6 Å². The van der Waals surface area contributed by atoms with Crippen molar-refractivity contribution in [3.05, 3.63) is 48.0 Å². The minimum atomic E-state index is -3.53. The molecule has 4 rings (SSSR count). The van der Waals surface area contributed by atoms with Crippen LogP contribution in [0.15, 0.2) is 46.2 Å². The fourth-order valence-corrected chi connectivity index (χ4v) is 6.33. The molecule has 2 heterocycles. The third-order valence-electron chi connectivity index (χ3n) is 4.57. The summed E-state index contributed by atoms with van der Waals surface area (Å²) in [6.07, 6.45) is 1.72. The molecule has 1 N–H and O–H groups in total. The summed E-state index contributed by atoms with van der Waals surface area (Å²) in [5.74, 6) is -2.26. The van der Waals surface area contributed by atoms with Crippen molar-refractivity contribution < 1.29 is 22.0 Å². The largest absolute Gasteiger partial charge is 0.301 e. The van der Waals surface area contributed by atoms with Gasteiger partial charge < -0.3 is 5.32 Å². The zero-order valence-corrected chi connectivity index (χ0v) is 18.0. The number of anilines is 1. The van der Waals surface area contributed by atoms with Gasteiger partial charge in [-0.15, -0.1) is 11.8 Å². The minimum absolute atomic E-state index is 0.00438. The second-order valence-electron chi connectivity index (χ2n) is 6.67. The first kappa shape index (κ1) is 21.2. The smallest absolute Gasteiger partial charge is 0.243 e. The molecule has 2 aromatic carbocycles. The Kier molecular flexibility index (Phi) is 6.05. The molecule has 1 aromatic heterocycles. The summed E-state index contributed by atoms with van der Waals surface area (Å²) in [5.41, 5.74) is 0.587. The number of rotatable bonds is 6. The Bertz CT molecular complexity index is 1210. The maximum Gasteiger partial charge on any atom is 0.243 e. The molecule has 0 bridgehead atoms. The number of nitrogens with one attached hydrogen (secondary N) is 1. The highest BCUT2D eigenvalue weighted by Crippen LogP contribution is 2.30. The third-order valence-corrected chi connectivity index (χ3v) is 8.39. The van der Waals surface area contributed by atoms with Crippen LogP contribution in [-0.4, -0.2) is 42.5 Å². The Morgan fingerprint density at radius 2 is 1.90 bits per heavy atom. The number of fused-ring (bicyclic) bond motifs is 1. The maximum atomic E-state index is 13.2. The quantitative estimate of drug-likeness (QED) is 0.550. The average Bonchev–Trinajstić information content (AvgIpc) is 3.38. The zero-order chi connectivity index (χ0) is 21.3. The van der Waals surface area contributed by atoms with Gasteiger partial charge in [-0.2, -0.15) is 4.31 Å². The first-order chi connectivity index (χ1) is 14.3. The van der Waals surface area contributed by atoms with Crippen LogP contribution < -0.4 is 5.32 Å². The van der Waals surface area contributed by atoms with E-state index in [0.29, 0.717) is 33.3 Å². The van der Waals surface area contributed by atoms with Crippen molar-refractivity contribution in [2.75, 3.05) is 24.2 Å².